The monoisotopic (exact) mass is 195 g/mol. The molecule has 0 bridgehead atoms. The molecule has 12 heavy (non-hydrogen) atoms. The van der Waals surface area contributed by atoms with Crippen molar-refractivity contribution in [1.29, 1.82) is 0 Å². The Balaban J connectivity index is 0.000000720. The molecule has 0 N–H and O–H groups in total. The van der Waals surface area contributed by atoms with Crippen molar-refractivity contribution in [2.45, 2.75) is 45.0 Å². The molecule has 0 unspecified atom stereocenters. The molecule has 2 nitrogen and oxygen atoms in total. The van der Waals surface area contributed by atoms with Gasteiger partial charge < -0.3 is 9.47 Å². The van der Waals surface area contributed by atoms with Gasteiger partial charge in [0.25, 0.3) is 0 Å². The van der Waals surface area contributed by atoms with Gasteiger partial charge in [0.15, 0.2) is 5.79 Å². The Morgan fingerprint density at radius 2 is 2.00 bits per heavy atom. The topological polar surface area (TPSA) is 18.5 Å². The van der Waals surface area contributed by atoms with Crippen molar-refractivity contribution in [2.75, 3.05) is 6.61 Å². The molecule has 2 rings (SSSR count). The van der Waals surface area contributed by atoms with Gasteiger partial charge in [0.05, 0.1) is 12.7 Å². The maximum atomic E-state index is 5.68. The second-order valence-corrected chi connectivity index (χ2v) is 4.13. The van der Waals surface area contributed by atoms with Crippen molar-refractivity contribution < 1.29 is 9.47 Å². The van der Waals surface area contributed by atoms with Crippen molar-refractivity contribution in [3.05, 3.63) is 0 Å². The zero-order valence-corrected chi connectivity index (χ0v) is 11.4. The third-order valence-corrected chi connectivity index (χ3v) is 2.36. The van der Waals surface area contributed by atoms with E-state index in [9.17, 15) is 0 Å². The van der Waals surface area contributed by atoms with Crippen molar-refractivity contribution in [3.8, 4) is 0 Å². The van der Waals surface area contributed by atoms with Crippen molar-refractivity contribution in [2.24, 2.45) is 5.92 Å². The summed E-state index contributed by atoms with van der Waals surface area (Å²) in [5.41, 5.74) is 0. The Hall–Kier alpha value is 1.56. The van der Waals surface area contributed by atoms with Crippen LogP contribution in [0.2, 0.25) is 0 Å². The molecule has 65 valence electrons. The summed E-state index contributed by atoms with van der Waals surface area (Å²) in [5, 5.41) is 0. The molecule has 1 saturated heterocycles. The molecule has 1 aliphatic heterocycles. The van der Waals surface area contributed by atoms with E-state index in [4.69, 9.17) is 9.47 Å². The Bertz CT molecular complexity index is 155. The average molecular weight is 195 g/mol. The van der Waals surface area contributed by atoms with Gasteiger partial charge in [0.2, 0.25) is 0 Å². The summed E-state index contributed by atoms with van der Waals surface area (Å²) in [6.07, 6.45) is 4.39. The van der Waals surface area contributed by atoms with Gasteiger partial charge in [0, 0.05) is 51.4 Å². The second-order valence-electron chi connectivity index (χ2n) is 4.13. The summed E-state index contributed by atoms with van der Waals surface area (Å²) < 4.78 is 11.1. The largest absolute Gasteiger partial charge is 0.348 e. The standard InChI is InChI=1S/C9H16O2.K/c1-9(2)10-6-8(11-9)5-7-3-4-7;/h7-8H,3-6H2,1-2H3;/t8-;/m0./s1. The number of hydrogen-bond acceptors (Lipinski definition) is 2. The fourth-order valence-corrected chi connectivity index (χ4v) is 1.60. The minimum atomic E-state index is -0.320. The molecule has 1 saturated carbocycles. The van der Waals surface area contributed by atoms with Gasteiger partial charge in [-0.1, -0.05) is 12.8 Å². The summed E-state index contributed by atoms with van der Waals surface area (Å²) in [7, 11) is 0. The van der Waals surface area contributed by atoms with Crippen LogP contribution in [0.15, 0.2) is 0 Å². The molecule has 1 radical (unpaired) electrons. The van der Waals surface area contributed by atoms with E-state index in [0.717, 1.165) is 12.5 Å². The van der Waals surface area contributed by atoms with Gasteiger partial charge in [-0.3, -0.25) is 0 Å². The van der Waals surface area contributed by atoms with Crippen molar-refractivity contribution in [1.82, 2.24) is 0 Å². The van der Waals surface area contributed by atoms with Crippen molar-refractivity contribution in [3.63, 3.8) is 0 Å². The Kier molecular flexibility index (Phi) is 4.25. The van der Waals surface area contributed by atoms with Crippen LogP contribution in [0.25, 0.3) is 0 Å². The third-order valence-electron chi connectivity index (χ3n) is 2.36. The fraction of sp³-hybridized carbons (Fsp3) is 1.00. The molecular weight excluding hydrogens is 179 g/mol. The van der Waals surface area contributed by atoms with E-state index >= 15 is 0 Å². The van der Waals surface area contributed by atoms with Crippen LogP contribution in [0.4, 0.5) is 0 Å². The maximum Gasteiger partial charge on any atom is 0.163 e. The Morgan fingerprint density at radius 1 is 1.33 bits per heavy atom. The molecule has 0 aromatic rings. The first-order chi connectivity index (χ1) is 5.16. The number of hydrogen-bond donors (Lipinski definition) is 0. The summed E-state index contributed by atoms with van der Waals surface area (Å²) in [6.45, 7) is 4.77. The van der Waals surface area contributed by atoms with E-state index in [-0.39, 0.29) is 57.2 Å². The smallest absolute Gasteiger partial charge is 0.163 e. The molecule has 3 heteroatoms. The van der Waals surface area contributed by atoms with Gasteiger partial charge in [-0.15, -0.1) is 0 Å². The minimum absolute atomic E-state index is 0. The molecule has 2 aliphatic rings. The SMILES string of the molecule is CC1(C)OC[C@H](CC2CC2)O1.[K]. The molecule has 0 aromatic heterocycles. The van der Waals surface area contributed by atoms with E-state index in [0.29, 0.717) is 6.10 Å². The zero-order chi connectivity index (χ0) is 7.90. The Morgan fingerprint density at radius 3 is 2.42 bits per heavy atom. The van der Waals surface area contributed by atoms with E-state index in [1.54, 1.807) is 0 Å². The summed E-state index contributed by atoms with van der Waals surface area (Å²) in [6, 6.07) is 0. The Labute approximate surface area is 117 Å². The van der Waals surface area contributed by atoms with Gasteiger partial charge in [-0.2, -0.15) is 0 Å². The zero-order valence-electron chi connectivity index (χ0n) is 8.30. The van der Waals surface area contributed by atoms with Gasteiger partial charge in [-0.25, -0.2) is 0 Å². The summed E-state index contributed by atoms with van der Waals surface area (Å²) in [5.74, 6) is 0.622. The molecule has 2 fully saturated rings. The first kappa shape index (κ1) is 11.6. The fourth-order valence-electron chi connectivity index (χ4n) is 1.60. The molecule has 0 aromatic carbocycles. The summed E-state index contributed by atoms with van der Waals surface area (Å²) in [4.78, 5) is 0. The second kappa shape index (κ2) is 4.38. The van der Waals surface area contributed by atoms with E-state index in [2.05, 4.69) is 0 Å². The molecular formula is C9H16KO2. The molecule has 0 amide bonds. The molecule has 1 atom stereocenters. The quantitative estimate of drug-likeness (QED) is 0.623. The van der Waals surface area contributed by atoms with E-state index in [1.165, 1.54) is 19.3 Å². The van der Waals surface area contributed by atoms with Crippen LogP contribution in [-0.4, -0.2) is 69.9 Å². The van der Waals surface area contributed by atoms with Crippen LogP contribution in [0.3, 0.4) is 0 Å². The van der Waals surface area contributed by atoms with Crippen LogP contribution in [0.1, 0.15) is 33.1 Å². The number of rotatable bonds is 2. The molecule has 0 spiro atoms. The van der Waals surface area contributed by atoms with Gasteiger partial charge in [0.1, 0.15) is 0 Å². The molecule has 1 heterocycles. The van der Waals surface area contributed by atoms with Crippen LogP contribution in [0.5, 0.6) is 0 Å². The first-order valence-corrected chi connectivity index (χ1v) is 4.47. The van der Waals surface area contributed by atoms with Crippen molar-refractivity contribution >= 4 is 51.4 Å². The maximum absolute atomic E-state index is 5.68. The molecule has 1 aliphatic carbocycles. The number of ether oxygens (including phenoxy) is 2. The van der Waals surface area contributed by atoms with Crippen LogP contribution in [0, 0.1) is 5.92 Å². The van der Waals surface area contributed by atoms with Gasteiger partial charge in [-0.05, 0) is 26.2 Å². The van der Waals surface area contributed by atoms with E-state index < -0.39 is 0 Å². The predicted octanol–water partition coefficient (Wildman–Crippen LogP) is 1.56. The average Bonchev–Trinajstić information content (AvgIpc) is 2.61. The minimum Gasteiger partial charge on any atom is -0.348 e. The third kappa shape index (κ3) is 3.37. The van der Waals surface area contributed by atoms with Crippen LogP contribution >= 0.6 is 0 Å². The van der Waals surface area contributed by atoms with Crippen LogP contribution < -0.4 is 0 Å². The normalized spacial score (nSPS) is 33.0. The summed E-state index contributed by atoms with van der Waals surface area (Å²) >= 11 is 0. The van der Waals surface area contributed by atoms with E-state index in [1.807, 2.05) is 13.8 Å². The predicted molar refractivity (Wildman–Crippen MR) is 48.0 cm³/mol. The van der Waals surface area contributed by atoms with Gasteiger partial charge >= 0.3 is 0 Å². The first-order valence-electron chi connectivity index (χ1n) is 4.47. The van der Waals surface area contributed by atoms with Crippen LogP contribution in [-0.2, 0) is 9.47 Å².